The molecule has 0 bridgehead atoms. The van der Waals surface area contributed by atoms with E-state index in [1.54, 1.807) is 0 Å². The monoisotopic (exact) mass is 410 g/mol. The topological polar surface area (TPSA) is 26.3 Å². The molecule has 0 radical (unpaired) electrons. The number of carbonyl (C=O) groups excluding carboxylic acids is 1. The van der Waals surface area contributed by atoms with Crippen LogP contribution in [-0.2, 0) is 9.53 Å². The first kappa shape index (κ1) is 28.5. The van der Waals surface area contributed by atoms with Gasteiger partial charge in [-0.3, -0.25) is 4.79 Å². The molecule has 4 unspecified atom stereocenters. The predicted octanol–water partition coefficient (Wildman–Crippen LogP) is 8.68. The lowest BCUT2D eigenvalue weighted by Crippen LogP contribution is -2.32. The van der Waals surface area contributed by atoms with E-state index in [1.807, 2.05) is 0 Å². The predicted molar refractivity (Wildman–Crippen MR) is 128 cm³/mol. The van der Waals surface area contributed by atoms with Crippen LogP contribution in [0.1, 0.15) is 128 Å². The Kier molecular flexibility index (Phi) is 12.8. The van der Waals surface area contributed by atoms with Gasteiger partial charge in [0.2, 0.25) is 0 Å². The molecule has 29 heavy (non-hydrogen) atoms. The van der Waals surface area contributed by atoms with E-state index < -0.39 is 0 Å². The molecule has 0 N–H and O–H groups in total. The highest BCUT2D eigenvalue weighted by molar-refractivity contribution is 5.73. The van der Waals surface area contributed by atoms with E-state index in [2.05, 4.69) is 76.2 Å². The minimum absolute atomic E-state index is 0.0177. The molecule has 0 aliphatic carbocycles. The second kappa shape index (κ2) is 13.0. The van der Waals surface area contributed by atoms with Crippen molar-refractivity contribution in [2.45, 2.75) is 134 Å². The average Bonchev–Trinajstić information content (AvgIpc) is 2.50. The van der Waals surface area contributed by atoms with Crippen LogP contribution in [0.4, 0.5) is 0 Å². The van der Waals surface area contributed by atoms with Crippen LogP contribution in [0.15, 0.2) is 0 Å². The molecule has 0 aromatic rings. The van der Waals surface area contributed by atoms with Gasteiger partial charge >= 0.3 is 5.97 Å². The van der Waals surface area contributed by atoms with Crippen LogP contribution in [0.25, 0.3) is 0 Å². The van der Waals surface area contributed by atoms with Gasteiger partial charge in [0.05, 0.1) is 5.92 Å². The average molecular weight is 411 g/mol. The van der Waals surface area contributed by atoms with Crippen molar-refractivity contribution >= 4 is 5.97 Å². The van der Waals surface area contributed by atoms with Crippen molar-refractivity contribution in [2.75, 3.05) is 0 Å². The molecule has 174 valence electrons. The number of unbranched alkanes of at least 4 members (excludes halogenated alkanes) is 2. The number of rotatable bonds is 13. The Bertz CT molecular complexity index is 438. The maximum Gasteiger partial charge on any atom is 0.309 e. The van der Waals surface area contributed by atoms with Crippen molar-refractivity contribution in [2.24, 2.45) is 34.5 Å². The third-order valence-corrected chi connectivity index (χ3v) is 5.96. The minimum atomic E-state index is 0.0177. The number of hydrogen-bond acceptors (Lipinski definition) is 2. The molecule has 0 aromatic carbocycles. The lowest BCUT2D eigenvalue weighted by atomic mass is 9.76. The number of esters is 1. The van der Waals surface area contributed by atoms with Crippen LogP contribution in [0.5, 0.6) is 0 Å². The highest BCUT2D eigenvalue weighted by Crippen LogP contribution is 2.35. The molecule has 0 aromatic heterocycles. The summed E-state index contributed by atoms with van der Waals surface area (Å²) in [5.74, 6) is 1.45. The van der Waals surface area contributed by atoms with Gasteiger partial charge in [0, 0.05) is 0 Å². The van der Waals surface area contributed by atoms with Crippen LogP contribution in [0.2, 0.25) is 0 Å². The van der Waals surface area contributed by atoms with Gasteiger partial charge in [-0.05, 0) is 67.1 Å². The van der Waals surface area contributed by atoms with Crippen molar-refractivity contribution in [1.82, 2.24) is 0 Å². The van der Waals surface area contributed by atoms with Crippen LogP contribution in [0.3, 0.4) is 0 Å². The molecule has 0 heterocycles. The second-order valence-electron chi connectivity index (χ2n) is 12.5. The fourth-order valence-electron chi connectivity index (χ4n) is 4.71. The molecule has 4 atom stereocenters. The zero-order valence-electron chi connectivity index (χ0n) is 21.9. The molecule has 0 fully saturated rings. The van der Waals surface area contributed by atoms with Gasteiger partial charge in [-0.25, -0.2) is 0 Å². The summed E-state index contributed by atoms with van der Waals surface area (Å²) >= 11 is 0. The summed E-state index contributed by atoms with van der Waals surface area (Å²) in [6.45, 7) is 24.9. The Morgan fingerprint density at radius 3 is 1.79 bits per heavy atom. The SMILES string of the molecule is CCCCCC(OC(=O)C(CCC(C)CC(C)(C)C)C(C)CC(C)(C)C)C(C)C. The Morgan fingerprint density at radius 1 is 0.793 bits per heavy atom. The number of carbonyl (C=O) groups is 1. The van der Waals surface area contributed by atoms with Gasteiger partial charge in [0.15, 0.2) is 0 Å². The highest BCUT2D eigenvalue weighted by Gasteiger charge is 2.32. The Hall–Kier alpha value is -0.530. The second-order valence-corrected chi connectivity index (χ2v) is 12.5. The lowest BCUT2D eigenvalue weighted by Gasteiger charge is -2.32. The molecular formula is C27H54O2. The summed E-state index contributed by atoms with van der Waals surface area (Å²) in [6.07, 6.45) is 8.95. The van der Waals surface area contributed by atoms with Crippen LogP contribution in [0, 0.1) is 34.5 Å². The van der Waals surface area contributed by atoms with E-state index in [0.717, 1.165) is 32.1 Å². The molecule has 2 heteroatoms. The van der Waals surface area contributed by atoms with Gasteiger partial charge in [-0.15, -0.1) is 0 Å². The van der Waals surface area contributed by atoms with Gasteiger partial charge in [-0.1, -0.05) is 89.0 Å². The fourth-order valence-corrected chi connectivity index (χ4v) is 4.71. The maximum atomic E-state index is 13.3. The lowest BCUT2D eigenvalue weighted by molar-refractivity contribution is -0.159. The molecule has 0 rings (SSSR count). The summed E-state index contributed by atoms with van der Waals surface area (Å²) < 4.78 is 6.15. The van der Waals surface area contributed by atoms with E-state index >= 15 is 0 Å². The van der Waals surface area contributed by atoms with E-state index in [0.29, 0.717) is 23.2 Å². The Balaban J connectivity index is 5.16. The molecule has 0 saturated carbocycles. The van der Waals surface area contributed by atoms with Crippen molar-refractivity contribution in [3.63, 3.8) is 0 Å². The largest absolute Gasteiger partial charge is 0.462 e. The van der Waals surface area contributed by atoms with Gasteiger partial charge in [0.1, 0.15) is 6.10 Å². The van der Waals surface area contributed by atoms with Gasteiger partial charge < -0.3 is 4.74 Å². The van der Waals surface area contributed by atoms with Crippen molar-refractivity contribution in [3.05, 3.63) is 0 Å². The maximum absolute atomic E-state index is 13.3. The van der Waals surface area contributed by atoms with Crippen molar-refractivity contribution < 1.29 is 9.53 Å². The Morgan fingerprint density at radius 2 is 1.34 bits per heavy atom. The van der Waals surface area contributed by atoms with Crippen molar-refractivity contribution in [1.29, 1.82) is 0 Å². The van der Waals surface area contributed by atoms with Crippen LogP contribution >= 0.6 is 0 Å². The normalized spacial score (nSPS) is 17.1. The third kappa shape index (κ3) is 14.2. The Labute approximate surface area is 184 Å². The first-order valence-electron chi connectivity index (χ1n) is 12.4. The first-order valence-corrected chi connectivity index (χ1v) is 12.4. The summed E-state index contributed by atoms with van der Waals surface area (Å²) in [5, 5.41) is 0. The van der Waals surface area contributed by atoms with E-state index in [-0.39, 0.29) is 23.4 Å². The van der Waals surface area contributed by atoms with Crippen LogP contribution in [-0.4, -0.2) is 12.1 Å². The molecule has 0 saturated heterocycles. The molecule has 2 nitrogen and oxygen atoms in total. The van der Waals surface area contributed by atoms with E-state index in [9.17, 15) is 4.79 Å². The summed E-state index contributed by atoms with van der Waals surface area (Å²) in [6, 6.07) is 0. The first-order chi connectivity index (χ1) is 13.2. The molecule has 0 amide bonds. The van der Waals surface area contributed by atoms with Gasteiger partial charge in [-0.2, -0.15) is 0 Å². The molecular weight excluding hydrogens is 356 g/mol. The molecule has 0 aliphatic heterocycles. The van der Waals surface area contributed by atoms with Crippen LogP contribution < -0.4 is 0 Å². The summed E-state index contributed by atoms with van der Waals surface area (Å²) in [5.41, 5.74) is 0.571. The zero-order valence-corrected chi connectivity index (χ0v) is 21.9. The molecule has 0 aliphatic rings. The summed E-state index contributed by atoms with van der Waals surface area (Å²) in [4.78, 5) is 13.3. The summed E-state index contributed by atoms with van der Waals surface area (Å²) in [7, 11) is 0. The number of ether oxygens (including phenoxy) is 1. The fraction of sp³-hybridized carbons (Fsp3) is 0.963. The number of hydrogen-bond donors (Lipinski definition) is 0. The third-order valence-electron chi connectivity index (χ3n) is 5.96. The van der Waals surface area contributed by atoms with E-state index in [4.69, 9.17) is 4.74 Å². The zero-order chi connectivity index (χ0) is 22.8. The molecule has 0 spiro atoms. The van der Waals surface area contributed by atoms with Crippen molar-refractivity contribution in [3.8, 4) is 0 Å². The quantitative estimate of drug-likeness (QED) is 0.224. The standard InChI is InChI=1S/C27H54O2/c1-12-13-14-15-24(20(2)3)29-25(28)23(22(5)19-27(9,10)11)17-16-21(4)18-26(6,7)8/h20-24H,12-19H2,1-11H3. The smallest absolute Gasteiger partial charge is 0.309 e. The minimum Gasteiger partial charge on any atom is -0.462 e. The highest BCUT2D eigenvalue weighted by atomic mass is 16.5. The van der Waals surface area contributed by atoms with Gasteiger partial charge in [0.25, 0.3) is 0 Å². The van der Waals surface area contributed by atoms with E-state index in [1.165, 1.54) is 19.3 Å².